The lowest BCUT2D eigenvalue weighted by atomic mass is 10.3. The number of carbonyl (C=O) groups excluding carboxylic acids is 1. The maximum atomic E-state index is 12.3. The van der Waals surface area contributed by atoms with Crippen LogP contribution in [-0.2, 0) is 0 Å². The molecule has 2 N–H and O–H groups in total. The summed E-state index contributed by atoms with van der Waals surface area (Å²) in [6.07, 6.45) is 2.81. The Labute approximate surface area is 160 Å². The normalized spacial score (nSPS) is 10.3. The number of benzene rings is 2. The van der Waals surface area contributed by atoms with E-state index in [0.717, 1.165) is 0 Å². The second kappa shape index (κ2) is 8.03. The van der Waals surface area contributed by atoms with Gasteiger partial charge in [0.25, 0.3) is 5.91 Å². The van der Waals surface area contributed by atoms with Crippen LogP contribution in [0.2, 0.25) is 10.0 Å². The van der Waals surface area contributed by atoms with E-state index in [1.807, 2.05) is 0 Å². The minimum Gasteiger partial charge on any atom is -0.497 e. The number of anilines is 3. The van der Waals surface area contributed by atoms with E-state index < -0.39 is 0 Å². The molecular formula is C18H14Cl2N4O2. The van der Waals surface area contributed by atoms with Gasteiger partial charge in [0.1, 0.15) is 17.3 Å². The molecule has 1 amide bonds. The Hall–Kier alpha value is -2.83. The number of ether oxygens (including phenoxy) is 1. The number of aromatic nitrogens is 2. The van der Waals surface area contributed by atoms with Crippen LogP contribution in [0.1, 0.15) is 10.5 Å². The molecular weight excluding hydrogens is 375 g/mol. The molecule has 1 aromatic heterocycles. The van der Waals surface area contributed by atoms with Crippen LogP contribution in [0, 0.1) is 0 Å². The second-order valence-electron chi connectivity index (χ2n) is 5.22. The van der Waals surface area contributed by atoms with Crippen LogP contribution in [-0.4, -0.2) is 23.0 Å². The maximum Gasteiger partial charge on any atom is 0.275 e. The van der Waals surface area contributed by atoms with Crippen molar-refractivity contribution >= 4 is 46.3 Å². The zero-order chi connectivity index (χ0) is 18.5. The summed E-state index contributed by atoms with van der Waals surface area (Å²) in [4.78, 5) is 20.6. The highest BCUT2D eigenvalue weighted by molar-refractivity contribution is 6.35. The molecule has 0 aliphatic heterocycles. The first-order valence-electron chi connectivity index (χ1n) is 7.54. The van der Waals surface area contributed by atoms with Gasteiger partial charge in [-0.05, 0) is 30.3 Å². The number of halogens is 2. The van der Waals surface area contributed by atoms with Crippen LogP contribution in [0.25, 0.3) is 0 Å². The van der Waals surface area contributed by atoms with E-state index in [2.05, 4.69) is 20.6 Å². The molecule has 0 aliphatic carbocycles. The van der Waals surface area contributed by atoms with E-state index in [0.29, 0.717) is 33.0 Å². The molecule has 1 heterocycles. The number of rotatable bonds is 5. The van der Waals surface area contributed by atoms with Gasteiger partial charge in [-0.2, -0.15) is 0 Å². The summed E-state index contributed by atoms with van der Waals surface area (Å²) in [6, 6.07) is 12.1. The monoisotopic (exact) mass is 388 g/mol. The van der Waals surface area contributed by atoms with E-state index in [-0.39, 0.29) is 11.6 Å². The van der Waals surface area contributed by atoms with Crippen molar-refractivity contribution in [3.05, 3.63) is 70.6 Å². The molecule has 0 saturated heterocycles. The highest BCUT2D eigenvalue weighted by atomic mass is 35.5. The number of hydrogen-bond acceptors (Lipinski definition) is 5. The minimum atomic E-state index is -0.377. The summed E-state index contributed by atoms with van der Waals surface area (Å²) >= 11 is 12.1. The van der Waals surface area contributed by atoms with Gasteiger partial charge >= 0.3 is 0 Å². The zero-order valence-corrected chi connectivity index (χ0v) is 15.2. The highest BCUT2D eigenvalue weighted by Gasteiger charge is 2.10. The van der Waals surface area contributed by atoms with Crippen LogP contribution < -0.4 is 15.4 Å². The van der Waals surface area contributed by atoms with Gasteiger partial charge in [-0.1, -0.05) is 29.3 Å². The van der Waals surface area contributed by atoms with Crippen molar-refractivity contribution in [3.8, 4) is 5.75 Å². The topological polar surface area (TPSA) is 76.1 Å². The van der Waals surface area contributed by atoms with E-state index in [9.17, 15) is 4.79 Å². The molecule has 0 aliphatic rings. The average molecular weight is 389 g/mol. The predicted molar refractivity (Wildman–Crippen MR) is 103 cm³/mol. The number of nitrogens with zero attached hydrogens (tertiary/aromatic N) is 2. The molecule has 2 aromatic carbocycles. The van der Waals surface area contributed by atoms with Crippen LogP contribution in [0.15, 0.2) is 54.9 Å². The highest BCUT2D eigenvalue weighted by Crippen LogP contribution is 2.27. The van der Waals surface area contributed by atoms with Gasteiger partial charge in [0.2, 0.25) is 0 Å². The molecule has 0 atom stereocenters. The molecule has 0 fully saturated rings. The lowest BCUT2D eigenvalue weighted by molar-refractivity contribution is 0.102. The van der Waals surface area contributed by atoms with Gasteiger partial charge in [-0.15, -0.1) is 0 Å². The van der Waals surface area contributed by atoms with Gasteiger partial charge in [0.05, 0.1) is 30.2 Å². The summed E-state index contributed by atoms with van der Waals surface area (Å²) < 4.78 is 5.12. The van der Waals surface area contributed by atoms with E-state index in [4.69, 9.17) is 27.9 Å². The lowest BCUT2D eigenvalue weighted by Crippen LogP contribution is -2.14. The molecule has 0 radical (unpaired) electrons. The van der Waals surface area contributed by atoms with Crippen molar-refractivity contribution in [2.24, 2.45) is 0 Å². The summed E-state index contributed by atoms with van der Waals surface area (Å²) in [5.41, 5.74) is 1.38. The molecule has 8 heteroatoms. The molecule has 0 saturated carbocycles. The standard InChI is InChI=1S/C18H14Cl2N4O2/c1-26-13-4-2-3-12(8-13)23-18(25)16-9-22-17(10-21-16)24-15-7-11(19)5-6-14(15)20/h2-10H,1H3,(H,22,24)(H,23,25). The Morgan fingerprint density at radius 3 is 2.65 bits per heavy atom. The fourth-order valence-electron chi connectivity index (χ4n) is 2.14. The molecule has 26 heavy (non-hydrogen) atoms. The van der Waals surface area contributed by atoms with Crippen LogP contribution >= 0.6 is 23.2 Å². The Bertz CT molecular complexity index is 933. The quantitative estimate of drug-likeness (QED) is 0.656. The summed E-state index contributed by atoms with van der Waals surface area (Å²) in [5, 5.41) is 6.78. The van der Waals surface area contributed by atoms with Crippen LogP contribution in [0.3, 0.4) is 0 Å². The van der Waals surface area contributed by atoms with Crippen LogP contribution in [0.5, 0.6) is 5.75 Å². The third-order valence-corrected chi connectivity index (χ3v) is 3.97. The van der Waals surface area contributed by atoms with Gasteiger partial charge in [-0.3, -0.25) is 4.79 Å². The second-order valence-corrected chi connectivity index (χ2v) is 6.07. The first-order chi connectivity index (χ1) is 12.5. The number of hydrogen-bond donors (Lipinski definition) is 2. The number of methoxy groups -OCH3 is 1. The Morgan fingerprint density at radius 2 is 1.92 bits per heavy atom. The largest absolute Gasteiger partial charge is 0.497 e. The van der Waals surface area contributed by atoms with E-state index in [1.54, 1.807) is 49.6 Å². The number of amides is 1. The van der Waals surface area contributed by atoms with Gasteiger partial charge < -0.3 is 15.4 Å². The van der Waals surface area contributed by atoms with Crippen molar-refractivity contribution < 1.29 is 9.53 Å². The Kier molecular flexibility index (Phi) is 5.55. The molecule has 0 spiro atoms. The summed E-state index contributed by atoms with van der Waals surface area (Å²) in [7, 11) is 1.56. The smallest absolute Gasteiger partial charge is 0.275 e. The lowest BCUT2D eigenvalue weighted by Gasteiger charge is -2.09. The van der Waals surface area contributed by atoms with E-state index in [1.165, 1.54) is 12.4 Å². The molecule has 6 nitrogen and oxygen atoms in total. The van der Waals surface area contributed by atoms with E-state index >= 15 is 0 Å². The Balaban J connectivity index is 1.70. The fourth-order valence-corrected chi connectivity index (χ4v) is 2.47. The summed E-state index contributed by atoms with van der Waals surface area (Å²) in [6.45, 7) is 0. The van der Waals surface area contributed by atoms with Gasteiger partial charge in [0, 0.05) is 16.8 Å². The zero-order valence-electron chi connectivity index (χ0n) is 13.7. The van der Waals surface area contributed by atoms with Crippen LogP contribution in [0.4, 0.5) is 17.2 Å². The predicted octanol–water partition coefficient (Wildman–Crippen LogP) is 4.79. The molecule has 3 rings (SSSR count). The molecule has 132 valence electrons. The molecule has 3 aromatic rings. The average Bonchev–Trinajstić information content (AvgIpc) is 2.65. The first kappa shape index (κ1) is 18.0. The minimum absolute atomic E-state index is 0.176. The van der Waals surface area contributed by atoms with Crippen molar-refractivity contribution in [1.29, 1.82) is 0 Å². The fraction of sp³-hybridized carbons (Fsp3) is 0.0556. The van der Waals surface area contributed by atoms with Gasteiger partial charge in [0.15, 0.2) is 0 Å². The first-order valence-corrected chi connectivity index (χ1v) is 8.30. The number of nitrogens with one attached hydrogen (secondary N) is 2. The molecule has 0 unspecified atom stereocenters. The Morgan fingerprint density at radius 1 is 1.08 bits per heavy atom. The van der Waals surface area contributed by atoms with Crippen molar-refractivity contribution in [1.82, 2.24) is 9.97 Å². The summed E-state index contributed by atoms with van der Waals surface area (Å²) in [5.74, 6) is 0.706. The maximum absolute atomic E-state index is 12.3. The SMILES string of the molecule is COc1cccc(NC(=O)c2cnc(Nc3cc(Cl)ccc3Cl)cn2)c1. The van der Waals surface area contributed by atoms with Crippen molar-refractivity contribution in [3.63, 3.8) is 0 Å². The van der Waals surface area contributed by atoms with Crippen molar-refractivity contribution in [2.75, 3.05) is 17.7 Å². The molecule has 0 bridgehead atoms. The third-order valence-electron chi connectivity index (χ3n) is 3.40. The number of carbonyl (C=O) groups is 1. The third kappa shape index (κ3) is 4.41. The van der Waals surface area contributed by atoms with Gasteiger partial charge in [-0.25, -0.2) is 9.97 Å². The van der Waals surface area contributed by atoms with Crippen molar-refractivity contribution in [2.45, 2.75) is 0 Å².